The average Bonchev–Trinajstić information content (AvgIpc) is 3.19. The Bertz CT molecular complexity index is 573. The summed E-state index contributed by atoms with van der Waals surface area (Å²) in [7, 11) is 0. The molecule has 0 radical (unpaired) electrons. The molecule has 110 valence electrons. The molecular weight excluding hydrogens is 266 g/mol. The number of nitrogens with one attached hydrogen (secondary N) is 2. The third-order valence-electron chi connectivity index (χ3n) is 3.68. The van der Waals surface area contributed by atoms with Crippen LogP contribution < -0.4 is 10.6 Å². The summed E-state index contributed by atoms with van der Waals surface area (Å²) in [6, 6.07) is 4.21. The average molecular weight is 285 g/mol. The number of amides is 1. The predicted octanol–water partition coefficient (Wildman–Crippen LogP) is 1.74. The molecule has 0 bridgehead atoms. The molecule has 6 heteroatoms. The quantitative estimate of drug-likeness (QED) is 0.877. The van der Waals surface area contributed by atoms with Crippen LogP contribution in [0, 0.1) is 0 Å². The van der Waals surface area contributed by atoms with Gasteiger partial charge in [-0.25, -0.2) is 9.97 Å². The van der Waals surface area contributed by atoms with Crippen LogP contribution >= 0.6 is 0 Å². The van der Waals surface area contributed by atoms with Crippen LogP contribution in [-0.4, -0.2) is 33.0 Å². The number of carbonyl (C=O) groups is 1. The molecule has 21 heavy (non-hydrogen) atoms. The van der Waals surface area contributed by atoms with Gasteiger partial charge in [0.05, 0.1) is 11.9 Å². The van der Waals surface area contributed by atoms with Crippen molar-refractivity contribution >= 4 is 11.6 Å². The second-order valence-electron chi connectivity index (χ2n) is 5.26. The summed E-state index contributed by atoms with van der Waals surface area (Å²) in [5, 5.41) is 6.28. The Morgan fingerprint density at radius 1 is 1.48 bits per heavy atom. The largest absolute Gasteiger partial charge is 0.325 e. The number of carbonyl (C=O) groups excluding carboxylic acids is 1. The van der Waals surface area contributed by atoms with Gasteiger partial charge in [-0.2, -0.15) is 0 Å². The first kappa shape index (κ1) is 13.8. The number of rotatable bonds is 5. The fraction of sp³-hybridized carbons (Fsp3) is 0.400. The lowest BCUT2D eigenvalue weighted by Crippen LogP contribution is -2.23. The van der Waals surface area contributed by atoms with Gasteiger partial charge in [0.2, 0.25) is 5.91 Å². The number of anilines is 1. The molecule has 2 N–H and O–H groups in total. The third kappa shape index (κ3) is 3.66. The first-order valence-electron chi connectivity index (χ1n) is 7.29. The number of pyridine rings is 1. The van der Waals surface area contributed by atoms with E-state index in [0.29, 0.717) is 12.5 Å². The van der Waals surface area contributed by atoms with Crippen LogP contribution in [0.5, 0.6) is 0 Å². The second kappa shape index (κ2) is 6.49. The molecule has 1 amide bonds. The Balaban J connectivity index is 1.51. The highest BCUT2D eigenvalue weighted by Crippen LogP contribution is 2.13. The summed E-state index contributed by atoms with van der Waals surface area (Å²) in [5.74, 6) is 0.821. The van der Waals surface area contributed by atoms with Crippen molar-refractivity contribution in [1.29, 1.82) is 0 Å². The van der Waals surface area contributed by atoms with Gasteiger partial charge in [0, 0.05) is 24.9 Å². The standard InChI is InChI=1S/C15H19N5O/c21-15(6-4-12-2-1-7-17-12)19-13-3-5-14(18-10-13)20-9-8-16-11-20/h3,5,8-12,17H,1-2,4,6-7H2,(H,19,21). The Morgan fingerprint density at radius 3 is 3.10 bits per heavy atom. The molecule has 1 aliphatic rings. The Morgan fingerprint density at radius 2 is 2.43 bits per heavy atom. The van der Waals surface area contributed by atoms with Crippen LogP contribution in [0.25, 0.3) is 5.82 Å². The van der Waals surface area contributed by atoms with Crippen LogP contribution in [0.4, 0.5) is 5.69 Å². The molecule has 2 aromatic rings. The molecule has 1 atom stereocenters. The van der Waals surface area contributed by atoms with Gasteiger partial charge in [0.25, 0.3) is 0 Å². The maximum absolute atomic E-state index is 11.9. The zero-order valence-electron chi connectivity index (χ0n) is 11.8. The third-order valence-corrected chi connectivity index (χ3v) is 3.68. The minimum atomic E-state index is 0.0425. The van der Waals surface area contributed by atoms with E-state index in [9.17, 15) is 4.79 Å². The van der Waals surface area contributed by atoms with Gasteiger partial charge in [-0.3, -0.25) is 9.36 Å². The van der Waals surface area contributed by atoms with E-state index >= 15 is 0 Å². The van der Waals surface area contributed by atoms with Crippen molar-refractivity contribution in [3.63, 3.8) is 0 Å². The van der Waals surface area contributed by atoms with E-state index in [1.165, 1.54) is 12.8 Å². The Labute approximate surface area is 123 Å². The van der Waals surface area contributed by atoms with Crippen molar-refractivity contribution in [2.45, 2.75) is 31.7 Å². The summed E-state index contributed by atoms with van der Waals surface area (Å²) in [6.45, 7) is 1.08. The summed E-state index contributed by atoms with van der Waals surface area (Å²) >= 11 is 0. The lowest BCUT2D eigenvalue weighted by atomic mass is 10.1. The lowest BCUT2D eigenvalue weighted by molar-refractivity contribution is -0.116. The van der Waals surface area contributed by atoms with Gasteiger partial charge in [-0.15, -0.1) is 0 Å². The normalized spacial score (nSPS) is 17.8. The van der Waals surface area contributed by atoms with E-state index in [1.807, 2.05) is 22.9 Å². The summed E-state index contributed by atoms with van der Waals surface area (Å²) in [6.07, 6.45) is 10.7. The smallest absolute Gasteiger partial charge is 0.224 e. The fourth-order valence-electron chi connectivity index (χ4n) is 2.54. The number of nitrogens with zero attached hydrogens (tertiary/aromatic N) is 3. The monoisotopic (exact) mass is 285 g/mol. The first-order chi connectivity index (χ1) is 10.3. The predicted molar refractivity (Wildman–Crippen MR) is 80.2 cm³/mol. The minimum absolute atomic E-state index is 0.0425. The summed E-state index contributed by atoms with van der Waals surface area (Å²) < 4.78 is 1.82. The van der Waals surface area contributed by atoms with Gasteiger partial charge < -0.3 is 10.6 Å². The van der Waals surface area contributed by atoms with Gasteiger partial charge in [-0.1, -0.05) is 0 Å². The Hall–Kier alpha value is -2.21. The van der Waals surface area contributed by atoms with Crippen molar-refractivity contribution < 1.29 is 4.79 Å². The molecule has 0 spiro atoms. The highest BCUT2D eigenvalue weighted by atomic mass is 16.1. The van der Waals surface area contributed by atoms with Gasteiger partial charge >= 0.3 is 0 Å². The number of hydrogen-bond acceptors (Lipinski definition) is 4. The molecule has 1 aliphatic heterocycles. The van der Waals surface area contributed by atoms with Crippen LogP contribution in [0.15, 0.2) is 37.1 Å². The molecule has 2 aromatic heterocycles. The summed E-state index contributed by atoms with van der Waals surface area (Å²) in [5.41, 5.74) is 0.725. The van der Waals surface area contributed by atoms with Crippen molar-refractivity contribution in [2.75, 3.05) is 11.9 Å². The minimum Gasteiger partial charge on any atom is -0.325 e. The molecule has 0 aliphatic carbocycles. The van der Waals surface area contributed by atoms with Gasteiger partial charge in [0.1, 0.15) is 12.1 Å². The summed E-state index contributed by atoms with van der Waals surface area (Å²) in [4.78, 5) is 20.2. The van der Waals surface area contributed by atoms with Gasteiger partial charge in [-0.05, 0) is 37.9 Å². The highest BCUT2D eigenvalue weighted by molar-refractivity contribution is 5.90. The number of hydrogen-bond donors (Lipinski definition) is 2. The fourth-order valence-corrected chi connectivity index (χ4v) is 2.54. The number of imidazole rings is 1. The van der Waals surface area contributed by atoms with Crippen LogP contribution in [0.1, 0.15) is 25.7 Å². The zero-order valence-corrected chi connectivity index (χ0v) is 11.8. The maximum atomic E-state index is 11.9. The van der Waals surface area contributed by atoms with E-state index < -0.39 is 0 Å². The molecule has 1 fully saturated rings. The molecular formula is C15H19N5O. The maximum Gasteiger partial charge on any atom is 0.224 e. The van der Waals surface area contributed by atoms with E-state index in [0.717, 1.165) is 24.5 Å². The molecule has 3 heterocycles. The van der Waals surface area contributed by atoms with E-state index in [2.05, 4.69) is 20.6 Å². The molecule has 3 rings (SSSR count). The van der Waals surface area contributed by atoms with Crippen molar-refractivity contribution in [1.82, 2.24) is 19.9 Å². The van der Waals surface area contributed by atoms with Crippen LogP contribution in [0.2, 0.25) is 0 Å². The lowest BCUT2D eigenvalue weighted by Gasteiger charge is -2.10. The van der Waals surface area contributed by atoms with Gasteiger partial charge in [0.15, 0.2) is 0 Å². The topological polar surface area (TPSA) is 71.8 Å². The molecule has 6 nitrogen and oxygen atoms in total. The molecule has 1 saturated heterocycles. The van der Waals surface area contributed by atoms with E-state index in [4.69, 9.17) is 0 Å². The van der Waals surface area contributed by atoms with Crippen LogP contribution in [0.3, 0.4) is 0 Å². The Kier molecular flexibility index (Phi) is 4.25. The highest BCUT2D eigenvalue weighted by Gasteiger charge is 2.15. The SMILES string of the molecule is O=C(CCC1CCCN1)Nc1ccc(-n2ccnc2)nc1. The first-order valence-corrected chi connectivity index (χ1v) is 7.29. The molecule has 1 unspecified atom stereocenters. The van der Waals surface area contributed by atoms with Crippen LogP contribution in [-0.2, 0) is 4.79 Å². The van der Waals surface area contributed by atoms with Crippen molar-refractivity contribution in [2.24, 2.45) is 0 Å². The van der Waals surface area contributed by atoms with E-state index in [1.54, 1.807) is 18.7 Å². The van der Waals surface area contributed by atoms with Crippen molar-refractivity contribution in [3.8, 4) is 5.82 Å². The van der Waals surface area contributed by atoms with E-state index in [-0.39, 0.29) is 5.91 Å². The molecule has 0 aromatic carbocycles. The second-order valence-corrected chi connectivity index (χ2v) is 5.26. The molecule has 0 saturated carbocycles. The van der Waals surface area contributed by atoms with Crippen molar-refractivity contribution in [3.05, 3.63) is 37.1 Å². The number of aromatic nitrogens is 3. The zero-order chi connectivity index (χ0) is 14.5.